The van der Waals surface area contributed by atoms with Gasteiger partial charge in [-0.15, -0.1) is 0 Å². The second-order valence-corrected chi connectivity index (χ2v) is 8.38. The highest BCUT2D eigenvalue weighted by atomic mass is 35.5. The number of rotatable bonds is 7. The highest BCUT2D eigenvalue weighted by Crippen LogP contribution is 2.36. The molecule has 1 saturated heterocycles. The summed E-state index contributed by atoms with van der Waals surface area (Å²) >= 11 is 6.13. The smallest absolute Gasteiger partial charge is 0.314 e. The molecule has 2 aliphatic heterocycles. The van der Waals surface area contributed by atoms with Gasteiger partial charge in [0.2, 0.25) is 11.8 Å². The average molecular weight is 434 g/mol. The third-order valence-corrected chi connectivity index (χ3v) is 5.91. The first-order valence-electron chi connectivity index (χ1n) is 10.5. The summed E-state index contributed by atoms with van der Waals surface area (Å²) in [4.78, 5) is 38.8. The highest BCUT2D eigenvalue weighted by Gasteiger charge is 2.44. The minimum atomic E-state index is -0.773. The zero-order valence-corrected chi connectivity index (χ0v) is 18.0. The predicted octanol–water partition coefficient (Wildman–Crippen LogP) is 3.10. The first kappa shape index (κ1) is 22.3. The maximum Gasteiger partial charge on any atom is 0.314 e. The van der Waals surface area contributed by atoms with Crippen LogP contribution in [0, 0.1) is 5.41 Å². The lowest BCUT2D eigenvalue weighted by atomic mass is 9.75. The molecule has 30 heavy (non-hydrogen) atoms. The van der Waals surface area contributed by atoms with E-state index < -0.39 is 5.41 Å². The molecule has 0 spiro atoms. The Balaban J connectivity index is 1.70. The standard InChI is InChI=1S/C22H28ClN3O4/c1-2-30-21(29)22(14-16-5-3-6-17(23)13-16)11-4-12-26(15-22)20(28)10-8-18-7-9-19(27)25-24-18/h3,5-6,13H,2,4,7-12,14-15H2,1H3,(H,25,27). The van der Waals surface area contributed by atoms with E-state index in [-0.39, 0.29) is 17.8 Å². The molecule has 2 amide bonds. The Labute approximate surface area is 181 Å². The Bertz CT molecular complexity index is 841. The Kier molecular flexibility index (Phi) is 7.48. The normalized spacial score (nSPS) is 21.6. The number of nitrogens with zero attached hydrogens (tertiary/aromatic N) is 2. The third kappa shape index (κ3) is 5.59. The lowest BCUT2D eigenvalue weighted by molar-refractivity contribution is -0.160. The van der Waals surface area contributed by atoms with Gasteiger partial charge >= 0.3 is 5.97 Å². The van der Waals surface area contributed by atoms with Crippen molar-refractivity contribution in [3.8, 4) is 0 Å². The lowest BCUT2D eigenvalue weighted by Gasteiger charge is -2.41. The van der Waals surface area contributed by atoms with Crippen LogP contribution in [0.25, 0.3) is 0 Å². The summed E-state index contributed by atoms with van der Waals surface area (Å²) in [6.07, 6.45) is 3.70. The number of hydrazone groups is 1. The second kappa shape index (κ2) is 10.1. The third-order valence-electron chi connectivity index (χ3n) is 5.68. The molecule has 1 atom stereocenters. The van der Waals surface area contributed by atoms with Crippen molar-refractivity contribution in [3.63, 3.8) is 0 Å². The summed E-state index contributed by atoms with van der Waals surface area (Å²) < 4.78 is 5.41. The van der Waals surface area contributed by atoms with Gasteiger partial charge in [-0.1, -0.05) is 23.7 Å². The number of halogens is 1. The number of benzene rings is 1. The molecule has 1 fully saturated rings. The quantitative estimate of drug-likeness (QED) is 0.669. The van der Waals surface area contributed by atoms with Gasteiger partial charge in [-0.25, -0.2) is 5.43 Å². The van der Waals surface area contributed by atoms with E-state index in [1.165, 1.54) is 0 Å². The summed E-state index contributed by atoms with van der Waals surface area (Å²) in [7, 11) is 0. The zero-order chi connectivity index (χ0) is 21.6. The first-order valence-corrected chi connectivity index (χ1v) is 10.8. The lowest BCUT2D eigenvalue weighted by Crippen LogP contribution is -2.51. The van der Waals surface area contributed by atoms with Gasteiger partial charge in [0.1, 0.15) is 0 Å². The molecule has 0 aliphatic carbocycles. The van der Waals surface area contributed by atoms with Crippen molar-refractivity contribution < 1.29 is 19.1 Å². The number of hydrogen-bond acceptors (Lipinski definition) is 5. The Hall–Kier alpha value is -2.41. The van der Waals surface area contributed by atoms with Gasteiger partial charge < -0.3 is 9.64 Å². The number of piperidine rings is 1. The van der Waals surface area contributed by atoms with Crippen molar-refractivity contribution in [3.05, 3.63) is 34.9 Å². The van der Waals surface area contributed by atoms with E-state index in [0.29, 0.717) is 63.2 Å². The monoisotopic (exact) mass is 433 g/mol. The number of carbonyl (C=O) groups is 3. The van der Waals surface area contributed by atoms with Crippen molar-refractivity contribution in [1.82, 2.24) is 10.3 Å². The van der Waals surface area contributed by atoms with Crippen LogP contribution >= 0.6 is 11.6 Å². The van der Waals surface area contributed by atoms with Gasteiger partial charge in [0.15, 0.2) is 0 Å². The van der Waals surface area contributed by atoms with E-state index in [2.05, 4.69) is 10.5 Å². The van der Waals surface area contributed by atoms with Gasteiger partial charge in [0, 0.05) is 36.7 Å². The molecule has 0 radical (unpaired) electrons. The molecule has 0 aromatic heterocycles. The number of nitrogens with one attached hydrogen (secondary N) is 1. The number of hydrogen-bond donors (Lipinski definition) is 1. The number of carbonyl (C=O) groups excluding carboxylic acids is 3. The van der Waals surface area contributed by atoms with Crippen LogP contribution in [0.1, 0.15) is 51.0 Å². The molecule has 0 bridgehead atoms. The van der Waals surface area contributed by atoms with Crippen LogP contribution in [0.15, 0.2) is 29.4 Å². The fourth-order valence-corrected chi connectivity index (χ4v) is 4.36. The number of amides is 2. The minimum Gasteiger partial charge on any atom is -0.466 e. The molecule has 3 rings (SSSR count). The second-order valence-electron chi connectivity index (χ2n) is 7.94. The Morgan fingerprint density at radius 2 is 2.17 bits per heavy atom. The van der Waals surface area contributed by atoms with E-state index in [0.717, 1.165) is 17.7 Å². The largest absolute Gasteiger partial charge is 0.466 e. The maximum atomic E-state index is 13.0. The molecule has 1 aromatic rings. The summed E-state index contributed by atoms with van der Waals surface area (Å²) in [6.45, 7) is 3.05. The molecule has 8 heteroatoms. The minimum absolute atomic E-state index is 0.00549. The van der Waals surface area contributed by atoms with E-state index >= 15 is 0 Å². The maximum absolute atomic E-state index is 13.0. The summed E-state index contributed by atoms with van der Waals surface area (Å²) in [5.41, 5.74) is 3.47. The molecule has 1 unspecified atom stereocenters. The molecule has 1 N–H and O–H groups in total. The fourth-order valence-electron chi connectivity index (χ4n) is 4.15. The molecule has 1 aromatic carbocycles. The van der Waals surface area contributed by atoms with E-state index in [4.69, 9.17) is 16.3 Å². The molecule has 2 aliphatic rings. The van der Waals surface area contributed by atoms with Crippen LogP contribution in [0.3, 0.4) is 0 Å². The average Bonchev–Trinajstić information content (AvgIpc) is 2.73. The number of esters is 1. The van der Waals surface area contributed by atoms with Crippen LogP contribution in [-0.4, -0.2) is 48.1 Å². The van der Waals surface area contributed by atoms with Gasteiger partial charge in [-0.05, 0) is 56.7 Å². The molecular formula is C22H28ClN3O4. The summed E-state index contributed by atoms with van der Waals surface area (Å²) in [5, 5.41) is 4.65. The van der Waals surface area contributed by atoms with Crippen LogP contribution in [0.4, 0.5) is 0 Å². The topological polar surface area (TPSA) is 88.1 Å². The fraction of sp³-hybridized carbons (Fsp3) is 0.545. The van der Waals surface area contributed by atoms with E-state index in [1.807, 2.05) is 18.2 Å². The number of ether oxygens (including phenoxy) is 1. The zero-order valence-electron chi connectivity index (χ0n) is 17.3. The molecule has 162 valence electrons. The van der Waals surface area contributed by atoms with Gasteiger partial charge in [0.05, 0.1) is 12.0 Å². The summed E-state index contributed by atoms with van der Waals surface area (Å²) in [5.74, 6) is -0.364. The first-order chi connectivity index (χ1) is 14.4. The number of likely N-dealkylation sites (tertiary alicyclic amines) is 1. The molecular weight excluding hydrogens is 406 g/mol. The molecule has 0 saturated carbocycles. The molecule has 2 heterocycles. The van der Waals surface area contributed by atoms with Crippen molar-refractivity contribution in [2.45, 2.75) is 51.9 Å². The van der Waals surface area contributed by atoms with Crippen molar-refractivity contribution in [1.29, 1.82) is 0 Å². The van der Waals surface area contributed by atoms with Crippen molar-refractivity contribution >= 4 is 35.1 Å². The Morgan fingerprint density at radius 3 is 2.87 bits per heavy atom. The van der Waals surface area contributed by atoms with Crippen LogP contribution in [0.2, 0.25) is 5.02 Å². The van der Waals surface area contributed by atoms with Crippen LogP contribution in [-0.2, 0) is 25.5 Å². The Morgan fingerprint density at radius 1 is 1.33 bits per heavy atom. The van der Waals surface area contributed by atoms with Gasteiger partial charge in [-0.2, -0.15) is 5.10 Å². The van der Waals surface area contributed by atoms with Crippen molar-refractivity contribution in [2.24, 2.45) is 10.5 Å². The predicted molar refractivity (Wildman–Crippen MR) is 114 cm³/mol. The van der Waals surface area contributed by atoms with Gasteiger partial charge in [0.25, 0.3) is 0 Å². The molecule has 7 nitrogen and oxygen atoms in total. The highest BCUT2D eigenvalue weighted by molar-refractivity contribution is 6.30. The van der Waals surface area contributed by atoms with Crippen molar-refractivity contribution in [2.75, 3.05) is 19.7 Å². The SMILES string of the molecule is CCOC(=O)C1(Cc2cccc(Cl)c2)CCCN(C(=O)CCC2=NNC(=O)CC2)C1. The van der Waals surface area contributed by atoms with E-state index in [1.54, 1.807) is 17.9 Å². The van der Waals surface area contributed by atoms with Crippen LogP contribution in [0.5, 0.6) is 0 Å². The van der Waals surface area contributed by atoms with Gasteiger partial charge in [-0.3, -0.25) is 14.4 Å². The van der Waals surface area contributed by atoms with E-state index in [9.17, 15) is 14.4 Å². The van der Waals surface area contributed by atoms with Crippen LogP contribution < -0.4 is 5.43 Å². The summed E-state index contributed by atoms with van der Waals surface area (Å²) in [6, 6.07) is 7.48.